The number of anilines is 4. The molecule has 8 heteroatoms. The third-order valence-electron chi connectivity index (χ3n) is 3.10. The van der Waals surface area contributed by atoms with E-state index in [2.05, 4.69) is 25.9 Å². The summed E-state index contributed by atoms with van der Waals surface area (Å²) in [7, 11) is 3.15. The molecule has 118 valence electrons. The van der Waals surface area contributed by atoms with Gasteiger partial charge < -0.3 is 16.0 Å². The number of benzene rings is 1. The number of para-hydroxylation sites is 1. The molecule has 0 aliphatic rings. The lowest BCUT2D eigenvalue weighted by molar-refractivity contribution is -0.137. The Morgan fingerprint density at radius 1 is 1.09 bits per heavy atom. The maximum Gasteiger partial charge on any atom is 0.421 e. The average molecular weight is 311 g/mol. The van der Waals surface area contributed by atoms with Crippen LogP contribution < -0.4 is 16.0 Å². The topological polar surface area (TPSA) is 61.9 Å². The molecule has 5 nitrogen and oxygen atoms in total. The van der Waals surface area contributed by atoms with Crippen LogP contribution in [0.1, 0.15) is 11.1 Å². The molecule has 1 aromatic heterocycles. The summed E-state index contributed by atoms with van der Waals surface area (Å²) in [6.07, 6.45) is -3.74. The Kier molecular flexibility index (Phi) is 4.39. The number of nitrogens with one attached hydrogen (secondary N) is 3. The highest BCUT2D eigenvalue weighted by Crippen LogP contribution is 2.34. The minimum atomic E-state index is -4.50. The zero-order chi connectivity index (χ0) is 16.3. The molecular formula is C14H16F3N5. The van der Waals surface area contributed by atoms with Crippen molar-refractivity contribution in [2.45, 2.75) is 13.1 Å². The van der Waals surface area contributed by atoms with E-state index in [9.17, 15) is 13.2 Å². The van der Waals surface area contributed by atoms with Crippen LogP contribution in [0.5, 0.6) is 0 Å². The van der Waals surface area contributed by atoms with Crippen LogP contribution >= 0.6 is 0 Å². The lowest BCUT2D eigenvalue weighted by Crippen LogP contribution is -2.12. The van der Waals surface area contributed by atoms with E-state index < -0.39 is 11.7 Å². The molecule has 3 N–H and O–H groups in total. The summed E-state index contributed by atoms with van der Waals surface area (Å²) in [6.45, 7) is 1.92. The van der Waals surface area contributed by atoms with Crippen LogP contribution in [0.2, 0.25) is 0 Å². The van der Waals surface area contributed by atoms with E-state index in [1.807, 2.05) is 19.1 Å². The fourth-order valence-electron chi connectivity index (χ4n) is 2.06. The summed E-state index contributed by atoms with van der Waals surface area (Å²) in [4.78, 5) is 7.62. The molecule has 2 rings (SSSR count). The smallest absolute Gasteiger partial charge is 0.386 e. The lowest BCUT2D eigenvalue weighted by Gasteiger charge is -2.15. The van der Waals surface area contributed by atoms with Gasteiger partial charge >= 0.3 is 6.18 Å². The van der Waals surface area contributed by atoms with E-state index in [1.54, 1.807) is 13.1 Å². The van der Waals surface area contributed by atoms with E-state index >= 15 is 0 Å². The van der Waals surface area contributed by atoms with Crippen LogP contribution in [0, 0.1) is 6.92 Å². The highest BCUT2D eigenvalue weighted by Gasteiger charge is 2.35. The molecule has 0 unspecified atom stereocenters. The normalized spacial score (nSPS) is 11.2. The first-order chi connectivity index (χ1) is 10.4. The molecule has 0 saturated carbocycles. The first-order valence-electron chi connectivity index (χ1n) is 6.53. The Hall–Kier alpha value is -2.51. The van der Waals surface area contributed by atoms with Gasteiger partial charge in [0.15, 0.2) is 0 Å². The van der Waals surface area contributed by atoms with Crippen molar-refractivity contribution in [1.29, 1.82) is 0 Å². The summed E-state index contributed by atoms with van der Waals surface area (Å²) >= 11 is 0. The second-order valence-corrected chi connectivity index (χ2v) is 4.58. The second-order valence-electron chi connectivity index (χ2n) is 4.58. The second kappa shape index (κ2) is 6.08. The quantitative estimate of drug-likeness (QED) is 0.805. The molecular weight excluding hydrogens is 295 g/mol. The summed E-state index contributed by atoms with van der Waals surface area (Å²) in [5.74, 6) is -0.192. The Morgan fingerprint density at radius 2 is 1.82 bits per heavy atom. The molecule has 0 radical (unpaired) electrons. The molecule has 0 fully saturated rings. The monoisotopic (exact) mass is 311 g/mol. The zero-order valence-electron chi connectivity index (χ0n) is 12.3. The number of alkyl halides is 3. The fourth-order valence-corrected chi connectivity index (χ4v) is 2.06. The van der Waals surface area contributed by atoms with Crippen molar-refractivity contribution < 1.29 is 13.2 Å². The molecule has 0 amide bonds. The predicted molar refractivity (Wildman–Crippen MR) is 80.6 cm³/mol. The fraction of sp³-hybridized carbons (Fsp3) is 0.286. The highest BCUT2D eigenvalue weighted by molar-refractivity contribution is 5.75. The minimum absolute atomic E-state index is 0.0828. The maximum absolute atomic E-state index is 12.8. The molecule has 0 aliphatic carbocycles. The third-order valence-corrected chi connectivity index (χ3v) is 3.10. The Labute approximate surface area is 126 Å². The van der Waals surface area contributed by atoms with Gasteiger partial charge in [-0.25, -0.2) is 4.98 Å². The largest absolute Gasteiger partial charge is 0.421 e. The van der Waals surface area contributed by atoms with Gasteiger partial charge in [0.05, 0.1) is 11.4 Å². The van der Waals surface area contributed by atoms with Crippen molar-refractivity contribution in [3.05, 3.63) is 35.5 Å². The number of hydrogen-bond donors (Lipinski definition) is 3. The van der Waals surface area contributed by atoms with E-state index in [1.165, 1.54) is 7.05 Å². The molecule has 0 spiro atoms. The molecule has 1 heterocycles. The average Bonchev–Trinajstić information content (AvgIpc) is 2.46. The lowest BCUT2D eigenvalue weighted by atomic mass is 10.1. The summed E-state index contributed by atoms with van der Waals surface area (Å²) in [5, 5.41) is 8.40. The Balaban J connectivity index is 2.38. The van der Waals surface area contributed by atoms with Crippen molar-refractivity contribution in [3.8, 4) is 0 Å². The maximum atomic E-state index is 12.8. The molecule has 0 bridgehead atoms. The molecule has 0 saturated heterocycles. The van der Waals surface area contributed by atoms with Crippen molar-refractivity contribution in [2.24, 2.45) is 0 Å². The van der Waals surface area contributed by atoms with Crippen LogP contribution in [0.15, 0.2) is 24.4 Å². The van der Waals surface area contributed by atoms with Crippen LogP contribution in [-0.4, -0.2) is 24.1 Å². The van der Waals surface area contributed by atoms with E-state index in [0.717, 1.165) is 17.4 Å². The first kappa shape index (κ1) is 15.9. The number of halogens is 3. The molecule has 0 aliphatic heterocycles. The third kappa shape index (κ3) is 3.21. The zero-order valence-corrected chi connectivity index (χ0v) is 12.3. The van der Waals surface area contributed by atoms with Crippen molar-refractivity contribution in [1.82, 2.24) is 9.97 Å². The van der Waals surface area contributed by atoms with Crippen molar-refractivity contribution in [2.75, 3.05) is 30.0 Å². The molecule has 2 aromatic rings. The van der Waals surface area contributed by atoms with Gasteiger partial charge in [-0.2, -0.15) is 18.2 Å². The van der Waals surface area contributed by atoms with Gasteiger partial charge in [-0.3, -0.25) is 0 Å². The Bertz CT molecular complexity index is 670. The van der Waals surface area contributed by atoms with Crippen LogP contribution in [-0.2, 0) is 6.18 Å². The van der Waals surface area contributed by atoms with E-state index in [-0.39, 0.29) is 11.8 Å². The van der Waals surface area contributed by atoms with Gasteiger partial charge in [0.1, 0.15) is 11.4 Å². The van der Waals surface area contributed by atoms with E-state index in [4.69, 9.17) is 0 Å². The van der Waals surface area contributed by atoms with Gasteiger partial charge in [0, 0.05) is 20.3 Å². The van der Waals surface area contributed by atoms with Gasteiger partial charge in [0.2, 0.25) is 5.95 Å². The van der Waals surface area contributed by atoms with Crippen LogP contribution in [0.3, 0.4) is 0 Å². The van der Waals surface area contributed by atoms with Gasteiger partial charge in [0.25, 0.3) is 0 Å². The van der Waals surface area contributed by atoms with Crippen LogP contribution in [0.25, 0.3) is 0 Å². The van der Waals surface area contributed by atoms with Gasteiger partial charge in [-0.15, -0.1) is 0 Å². The minimum Gasteiger partial charge on any atom is -0.386 e. The predicted octanol–water partition coefficient (Wildman–Crippen LogP) is 3.63. The summed E-state index contributed by atoms with van der Waals surface area (Å²) in [6, 6.07) is 5.55. The summed E-state index contributed by atoms with van der Waals surface area (Å²) in [5.41, 5.74) is 1.60. The number of aromatic nitrogens is 2. The number of hydrogen-bond acceptors (Lipinski definition) is 5. The molecule has 0 atom stereocenters. The highest BCUT2D eigenvalue weighted by atomic mass is 19.4. The van der Waals surface area contributed by atoms with Gasteiger partial charge in [-0.05, 0) is 18.6 Å². The number of rotatable bonds is 4. The van der Waals surface area contributed by atoms with Crippen molar-refractivity contribution in [3.63, 3.8) is 0 Å². The van der Waals surface area contributed by atoms with E-state index in [0.29, 0.717) is 5.69 Å². The Morgan fingerprint density at radius 3 is 2.41 bits per heavy atom. The number of aryl methyl sites for hydroxylation is 1. The van der Waals surface area contributed by atoms with Gasteiger partial charge in [-0.1, -0.05) is 12.1 Å². The summed E-state index contributed by atoms with van der Waals surface area (Å²) < 4.78 is 38.4. The molecule has 22 heavy (non-hydrogen) atoms. The van der Waals surface area contributed by atoms with Crippen LogP contribution in [0.4, 0.5) is 36.3 Å². The number of nitrogens with zero attached hydrogens (tertiary/aromatic N) is 2. The SMILES string of the molecule is CNc1nc(Nc2cccc(C)c2NC)ncc1C(F)(F)F. The standard InChI is InChI=1S/C14H16F3N5/c1-8-5-4-6-10(11(8)18-2)21-13-20-7-9(14(15,16)17)12(19-3)22-13/h4-7,18H,1-3H3,(H2,19,20,21,22). The first-order valence-corrected chi connectivity index (χ1v) is 6.53. The molecule has 1 aromatic carbocycles. The van der Waals surface area contributed by atoms with Crippen molar-refractivity contribution >= 4 is 23.1 Å².